The number of rotatable bonds is 12. The summed E-state index contributed by atoms with van der Waals surface area (Å²) in [6.07, 6.45) is 4.84. The molecule has 0 amide bonds. The van der Waals surface area contributed by atoms with Gasteiger partial charge in [-0.1, -0.05) is 41.9 Å². The molecule has 45 heavy (non-hydrogen) atoms. The maximum absolute atomic E-state index is 11.7. The molecule has 0 spiro atoms. The van der Waals surface area contributed by atoms with Crippen molar-refractivity contribution in [1.82, 2.24) is 15.3 Å². The number of carboxylic acids is 1. The third-order valence-corrected chi connectivity index (χ3v) is 7.93. The molecule has 0 bridgehead atoms. The lowest BCUT2D eigenvalue weighted by atomic mass is 9.96. The summed E-state index contributed by atoms with van der Waals surface area (Å²) < 4.78 is 12.3. The van der Waals surface area contributed by atoms with Gasteiger partial charge in [0, 0.05) is 47.7 Å². The first-order chi connectivity index (χ1) is 21.7. The number of fused-ring (bicyclic) bond motifs is 1. The fourth-order valence-corrected chi connectivity index (χ4v) is 5.03. The molecule has 2 heterocycles. The van der Waals surface area contributed by atoms with E-state index in [0.29, 0.717) is 33.2 Å². The van der Waals surface area contributed by atoms with Crippen LogP contribution in [0.2, 0.25) is 5.02 Å². The van der Waals surface area contributed by atoms with Gasteiger partial charge in [-0.2, -0.15) is 5.26 Å². The van der Waals surface area contributed by atoms with Gasteiger partial charge in [0.25, 0.3) is 0 Å². The van der Waals surface area contributed by atoms with E-state index in [1.807, 2.05) is 30.3 Å². The zero-order valence-electron chi connectivity index (χ0n) is 24.8. The number of aromatic nitrogens is 2. The van der Waals surface area contributed by atoms with Crippen LogP contribution in [0.3, 0.4) is 0 Å². The molecular formula is C35H31ClN4O5. The number of pyridine rings is 2. The SMILES string of the molecule is Cc1c(COc2cc(OCc3cncc(C#N)c3)c(CN[C@](C)(CO)C(=O)O)cc2Cl)cccc1-c1ccc2ncccc2c1. The Hall–Kier alpha value is -5.01. The molecule has 0 saturated heterocycles. The molecular weight excluding hydrogens is 592 g/mol. The first kappa shape index (κ1) is 31.4. The number of nitriles is 1. The molecule has 228 valence electrons. The standard InChI is InChI=1S/C35H31ClN4O5/c1-22-27(5-3-7-29(22)25-8-9-31-26(12-25)6-4-10-39-31)20-45-33-14-32(44-19-24-11-23(15-37)16-38-17-24)28(13-30(33)36)18-40-35(2,21-41)34(42)43/h3-14,16-17,40-41H,18-21H2,1-2H3,(H,42,43)/t35-/m1/s1. The largest absolute Gasteiger partial charge is 0.488 e. The van der Waals surface area contributed by atoms with Gasteiger partial charge in [0.1, 0.15) is 36.3 Å². The number of nitrogens with zero attached hydrogens (tertiary/aromatic N) is 3. The number of aliphatic carboxylic acids is 1. The Morgan fingerprint density at radius 1 is 1.02 bits per heavy atom. The predicted octanol–water partition coefficient (Wildman–Crippen LogP) is 6.21. The summed E-state index contributed by atoms with van der Waals surface area (Å²) >= 11 is 6.67. The molecule has 3 aromatic carbocycles. The van der Waals surface area contributed by atoms with Crippen molar-refractivity contribution in [3.63, 3.8) is 0 Å². The number of carbonyl (C=O) groups is 1. The molecule has 10 heteroatoms. The molecule has 5 rings (SSSR count). The van der Waals surface area contributed by atoms with Crippen LogP contribution in [0.1, 0.15) is 34.7 Å². The lowest BCUT2D eigenvalue weighted by molar-refractivity contribution is -0.145. The highest BCUT2D eigenvalue weighted by Gasteiger charge is 2.32. The smallest absolute Gasteiger partial charge is 0.326 e. The summed E-state index contributed by atoms with van der Waals surface area (Å²) in [6.45, 7) is 3.19. The maximum Gasteiger partial charge on any atom is 0.326 e. The van der Waals surface area contributed by atoms with E-state index in [0.717, 1.165) is 33.2 Å². The Kier molecular flexibility index (Phi) is 9.59. The lowest BCUT2D eigenvalue weighted by Gasteiger charge is -2.25. The Bertz CT molecular complexity index is 1910. The van der Waals surface area contributed by atoms with Gasteiger partial charge in [-0.15, -0.1) is 0 Å². The monoisotopic (exact) mass is 622 g/mol. The molecule has 1 atom stereocenters. The van der Waals surface area contributed by atoms with Crippen molar-refractivity contribution in [3.8, 4) is 28.7 Å². The lowest BCUT2D eigenvalue weighted by Crippen LogP contribution is -2.52. The topological polar surface area (TPSA) is 138 Å². The molecule has 9 nitrogen and oxygen atoms in total. The highest BCUT2D eigenvalue weighted by molar-refractivity contribution is 6.32. The molecule has 2 aromatic heterocycles. The minimum Gasteiger partial charge on any atom is -0.488 e. The van der Waals surface area contributed by atoms with Gasteiger partial charge in [-0.05, 0) is 66.4 Å². The minimum absolute atomic E-state index is 0.0393. The van der Waals surface area contributed by atoms with Crippen molar-refractivity contribution >= 4 is 28.5 Å². The first-order valence-corrected chi connectivity index (χ1v) is 14.5. The average molecular weight is 623 g/mol. The molecule has 0 unspecified atom stereocenters. The average Bonchev–Trinajstić information content (AvgIpc) is 3.06. The number of aliphatic hydroxyl groups excluding tert-OH is 1. The summed E-state index contributed by atoms with van der Waals surface area (Å²) in [7, 11) is 0. The van der Waals surface area contributed by atoms with E-state index < -0.39 is 18.1 Å². The van der Waals surface area contributed by atoms with E-state index in [4.69, 9.17) is 21.1 Å². The maximum atomic E-state index is 11.7. The molecule has 5 aromatic rings. The van der Waals surface area contributed by atoms with Gasteiger partial charge in [0.05, 0.1) is 22.7 Å². The normalized spacial score (nSPS) is 12.3. The third kappa shape index (κ3) is 7.21. The number of ether oxygens (including phenoxy) is 2. The highest BCUT2D eigenvalue weighted by atomic mass is 35.5. The van der Waals surface area contributed by atoms with Gasteiger partial charge in [-0.3, -0.25) is 20.1 Å². The summed E-state index contributed by atoms with van der Waals surface area (Å²) in [5, 5.41) is 32.7. The minimum atomic E-state index is -1.58. The predicted molar refractivity (Wildman–Crippen MR) is 171 cm³/mol. The quantitative estimate of drug-likeness (QED) is 0.148. The van der Waals surface area contributed by atoms with E-state index in [1.54, 1.807) is 30.6 Å². The number of nitrogens with one attached hydrogen (secondary N) is 1. The van der Waals surface area contributed by atoms with Crippen molar-refractivity contribution in [2.75, 3.05) is 6.61 Å². The van der Waals surface area contributed by atoms with Crippen LogP contribution in [0.4, 0.5) is 0 Å². The summed E-state index contributed by atoms with van der Waals surface area (Å²) in [5.41, 5.74) is 5.18. The van der Waals surface area contributed by atoms with Crippen molar-refractivity contribution in [2.45, 2.75) is 39.1 Å². The van der Waals surface area contributed by atoms with Crippen molar-refractivity contribution in [3.05, 3.63) is 118 Å². The van der Waals surface area contributed by atoms with Crippen LogP contribution in [0.25, 0.3) is 22.0 Å². The fraction of sp³-hybridized carbons (Fsp3) is 0.200. The van der Waals surface area contributed by atoms with Crippen LogP contribution in [0, 0.1) is 18.3 Å². The molecule has 0 aliphatic rings. The summed E-state index contributed by atoms with van der Waals surface area (Å²) in [4.78, 5) is 20.2. The third-order valence-electron chi connectivity index (χ3n) is 7.63. The van der Waals surface area contributed by atoms with E-state index >= 15 is 0 Å². The van der Waals surface area contributed by atoms with E-state index in [1.165, 1.54) is 13.1 Å². The van der Waals surface area contributed by atoms with E-state index in [-0.39, 0.29) is 19.8 Å². The second-order valence-electron chi connectivity index (χ2n) is 10.8. The first-order valence-electron chi connectivity index (χ1n) is 14.2. The van der Waals surface area contributed by atoms with Crippen LogP contribution in [-0.2, 0) is 24.6 Å². The number of carboxylic acid groups (broad SMARTS) is 1. The number of hydrogen-bond acceptors (Lipinski definition) is 8. The van der Waals surface area contributed by atoms with Crippen LogP contribution in [0.15, 0.2) is 85.3 Å². The number of hydrogen-bond donors (Lipinski definition) is 3. The molecule has 0 saturated carbocycles. The molecule has 3 N–H and O–H groups in total. The van der Waals surface area contributed by atoms with Gasteiger partial charge in [0.2, 0.25) is 0 Å². The number of benzene rings is 3. The van der Waals surface area contributed by atoms with Crippen LogP contribution in [0.5, 0.6) is 11.5 Å². The second kappa shape index (κ2) is 13.7. The zero-order valence-corrected chi connectivity index (χ0v) is 25.5. The fourth-order valence-electron chi connectivity index (χ4n) is 4.79. The van der Waals surface area contributed by atoms with Crippen molar-refractivity contribution < 1.29 is 24.5 Å². The van der Waals surface area contributed by atoms with Gasteiger partial charge in [-0.25, -0.2) is 0 Å². The van der Waals surface area contributed by atoms with Gasteiger partial charge >= 0.3 is 5.97 Å². The number of aliphatic hydroxyl groups is 1. The van der Waals surface area contributed by atoms with Crippen molar-refractivity contribution in [2.24, 2.45) is 0 Å². The van der Waals surface area contributed by atoms with Crippen LogP contribution in [-0.4, -0.2) is 38.3 Å². The molecule has 0 radical (unpaired) electrons. The second-order valence-corrected chi connectivity index (χ2v) is 11.2. The van der Waals surface area contributed by atoms with Crippen LogP contribution < -0.4 is 14.8 Å². The Labute approximate surface area is 265 Å². The highest BCUT2D eigenvalue weighted by Crippen LogP contribution is 2.35. The zero-order chi connectivity index (χ0) is 32.0. The Morgan fingerprint density at radius 3 is 2.62 bits per heavy atom. The Balaban J connectivity index is 1.40. The van der Waals surface area contributed by atoms with E-state index in [9.17, 15) is 20.3 Å². The number of halogens is 1. The van der Waals surface area contributed by atoms with Crippen LogP contribution >= 0.6 is 11.6 Å². The van der Waals surface area contributed by atoms with Gasteiger partial charge < -0.3 is 19.7 Å². The Morgan fingerprint density at radius 2 is 1.84 bits per heavy atom. The molecule has 0 aliphatic carbocycles. The summed E-state index contributed by atoms with van der Waals surface area (Å²) in [6, 6.07) is 23.3. The molecule has 0 fully saturated rings. The van der Waals surface area contributed by atoms with E-state index in [2.05, 4.69) is 46.5 Å². The van der Waals surface area contributed by atoms with Crippen molar-refractivity contribution in [1.29, 1.82) is 5.26 Å². The summed E-state index contributed by atoms with van der Waals surface area (Å²) in [5.74, 6) is -0.426. The van der Waals surface area contributed by atoms with Gasteiger partial charge in [0.15, 0.2) is 0 Å². The molecule has 0 aliphatic heterocycles.